The van der Waals surface area contributed by atoms with Crippen LogP contribution in [0.25, 0.3) is 10.9 Å². The van der Waals surface area contributed by atoms with Gasteiger partial charge >= 0.3 is 5.97 Å². The highest BCUT2D eigenvalue weighted by Crippen LogP contribution is 2.29. The number of rotatable bonds is 3. The number of pyridine rings is 1. The summed E-state index contributed by atoms with van der Waals surface area (Å²) in [4.78, 5) is 16.2. The van der Waals surface area contributed by atoms with E-state index in [2.05, 4.69) is 10.3 Å². The number of anilines is 2. The van der Waals surface area contributed by atoms with Gasteiger partial charge in [0, 0.05) is 11.5 Å². The van der Waals surface area contributed by atoms with E-state index in [1.54, 1.807) is 6.07 Å². The largest absolute Gasteiger partial charge is 0.464 e. The molecule has 0 saturated heterocycles. The third-order valence-corrected chi connectivity index (χ3v) is 3.64. The number of para-hydroxylation sites is 1. The molecule has 122 valence electrons. The summed E-state index contributed by atoms with van der Waals surface area (Å²) >= 11 is 0. The molecule has 2 aromatic carbocycles. The highest BCUT2D eigenvalue weighted by atomic mass is 19.1. The summed E-state index contributed by atoms with van der Waals surface area (Å²) in [5.74, 6) is -1.99. The summed E-state index contributed by atoms with van der Waals surface area (Å²) in [5.41, 5.74) is 2.14. The van der Waals surface area contributed by atoms with Crippen LogP contribution in [0.1, 0.15) is 16.1 Å². The fourth-order valence-corrected chi connectivity index (χ4v) is 2.44. The highest BCUT2D eigenvalue weighted by Gasteiger charge is 2.15. The van der Waals surface area contributed by atoms with Gasteiger partial charge in [0.05, 0.1) is 24.0 Å². The number of carbonyl (C=O) groups excluding carboxylic acids is 1. The fourth-order valence-electron chi connectivity index (χ4n) is 2.44. The zero-order valence-electron chi connectivity index (χ0n) is 13.1. The third-order valence-electron chi connectivity index (χ3n) is 3.64. The molecule has 0 saturated carbocycles. The van der Waals surface area contributed by atoms with Crippen LogP contribution in [0.5, 0.6) is 0 Å². The Morgan fingerprint density at radius 3 is 2.62 bits per heavy atom. The number of nitrogens with zero attached hydrogens (tertiary/aromatic N) is 1. The van der Waals surface area contributed by atoms with Gasteiger partial charge in [0.15, 0.2) is 5.69 Å². The van der Waals surface area contributed by atoms with E-state index in [0.717, 1.165) is 17.7 Å². The van der Waals surface area contributed by atoms with Crippen LogP contribution in [0.15, 0.2) is 42.5 Å². The molecule has 1 aromatic heterocycles. The van der Waals surface area contributed by atoms with Gasteiger partial charge in [0.25, 0.3) is 0 Å². The normalized spacial score (nSPS) is 10.7. The van der Waals surface area contributed by atoms with Crippen molar-refractivity contribution in [3.05, 3.63) is 65.4 Å². The van der Waals surface area contributed by atoms with Gasteiger partial charge in [-0.25, -0.2) is 18.6 Å². The van der Waals surface area contributed by atoms with E-state index in [4.69, 9.17) is 4.74 Å². The van der Waals surface area contributed by atoms with Crippen molar-refractivity contribution in [1.82, 2.24) is 4.98 Å². The number of hydrogen-bond acceptors (Lipinski definition) is 4. The quantitative estimate of drug-likeness (QED) is 0.726. The van der Waals surface area contributed by atoms with E-state index in [-0.39, 0.29) is 11.4 Å². The Labute approximate surface area is 137 Å². The van der Waals surface area contributed by atoms with E-state index >= 15 is 0 Å². The number of benzene rings is 2. The van der Waals surface area contributed by atoms with Crippen LogP contribution in [0.2, 0.25) is 0 Å². The first-order valence-corrected chi connectivity index (χ1v) is 7.20. The zero-order valence-corrected chi connectivity index (χ0v) is 13.1. The average Bonchev–Trinajstić information content (AvgIpc) is 2.57. The molecule has 1 N–H and O–H groups in total. The monoisotopic (exact) mass is 328 g/mol. The molecular formula is C18H14F2N2O2. The van der Waals surface area contributed by atoms with Crippen molar-refractivity contribution >= 4 is 28.2 Å². The minimum absolute atomic E-state index is 0.0984. The lowest BCUT2D eigenvalue weighted by Crippen LogP contribution is -2.06. The van der Waals surface area contributed by atoms with Crippen molar-refractivity contribution in [3.8, 4) is 0 Å². The van der Waals surface area contributed by atoms with Crippen molar-refractivity contribution in [2.45, 2.75) is 6.92 Å². The molecular weight excluding hydrogens is 314 g/mol. The molecule has 0 aliphatic heterocycles. The number of halogens is 2. The summed E-state index contributed by atoms with van der Waals surface area (Å²) < 4.78 is 31.7. The maximum absolute atomic E-state index is 13.9. The highest BCUT2D eigenvalue weighted by molar-refractivity contribution is 5.99. The maximum Gasteiger partial charge on any atom is 0.356 e. The third kappa shape index (κ3) is 2.90. The van der Waals surface area contributed by atoms with Gasteiger partial charge in [-0.3, -0.25) is 0 Å². The van der Waals surface area contributed by atoms with Crippen LogP contribution in [-0.2, 0) is 4.74 Å². The summed E-state index contributed by atoms with van der Waals surface area (Å²) in [6.07, 6.45) is 0. The Bertz CT molecular complexity index is 942. The topological polar surface area (TPSA) is 51.2 Å². The number of esters is 1. The van der Waals surface area contributed by atoms with E-state index in [1.165, 1.54) is 19.2 Å². The second-order valence-corrected chi connectivity index (χ2v) is 5.27. The Balaban J connectivity index is 2.18. The predicted molar refractivity (Wildman–Crippen MR) is 87.5 cm³/mol. The number of methoxy groups -OCH3 is 1. The van der Waals surface area contributed by atoms with Gasteiger partial charge in [-0.2, -0.15) is 0 Å². The molecule has 0 bridgehead atoms. The van der Waals surface area contributed by atoms with Crippen LogP contribution in [0, 0.1) is 18.6 Å². The predicted octanol–water partition coefficient (Wildman–Crippen LogP) is 4.35. The Kier molecular flexibility index (Phi) is 4.12. The number of fused-ring (bicyclic) bond motifs is 1. The first-order valence-electron chi connectivity index (χ1n) is 7.20. The van der Waals surface area contributed by atoms with Crippen LogP contribution in [-0.4, -0.2) is 18.1 Å². The van der Waals surface area contributed by atoms with Gasteiger partial charge < -0.3 is 10.1 Å². The van der Waals surface area contributed by atoms with E-state index in [0.29, 0.717) is 16.6 Å². The van der Waals surface area contributed by atoms with Crippen molar-refractivity contribution in [2.75, 3.05) is 12.4 Å². The number of carbonyl (C=O) groups is 1. The molecule has 6 heteroatoms. The molecule has 0 amide bonds. The molecule has 1 heterocycles. The second-order valence-electron chi connectivity index (χ2n) is 5.27. The molecule has 4 nitrogen and oxygen atoms in total. The van der Waals surface area contributed by atoms with Crippen molar-refractivity contribution in [1.29, 1.82) is 0 Å². The van der Waals surface area contributed by atoms with E-state index in [1.807, 2.05) is 19.1 Å². The number of nitrogens with one attached hydrogen (secondary N) is 1. The van der Waals surface area contributed by atoms with Gasteiger partial charge in [-0.05, 0) is 30.7 Å². The molecule has 0 atom stereocenters. The number of ether oxygens (including phenoxy) is 1. The summed E-state index contributed by atoms with van der Waals surface area (Å²) in [6.45, 7) is 1.86. The SMILES string of the molecule is COC(=O)c1cc(Nc2ccc(F)cc2F)c2cccc(C)c2n1. The molecule has 0 unspecified atom stereocenters. The van der Waals surface area contributed by atoms with Gasteiger partial charge in [-0.1, -0.05) is 18.2 Å². The molecule has 0 spiro atoms. The molecule has 3 rings (SSSR count). The van der Waals surface area contributed by atoms with Crippen LogP contribution in [0.3, 0.4) is 0 Å². The van der Waals surface area contributed by atoms with Crippen LogP contribution in [0.4, 0.5) is 20.2 Å². The fraction of sp³-hybridized carbons (Fsp3) is 0.111. The minimum Gasteiger partial charge on any atom is -0.464 e. The van der Waals surface area contributed by atoms with E-state index in [9.17, 15) is 13.6 Å². The first-order chi connectivity index (χ1) is 11.5. The lowest BCUT2D eigenvalue weighted by atomic mass is 10.1. The second kappa shape index (κ2) is 6.23. The number of aryl methyl sites for hydroxylation is 1. The summed E-state index contributed by atoms with van der Waals surface area (Å²) in [5, 5.41) is 3.61. The molecule has 3 aromatic rings. The van der Waals surface area contributed by atoms with Crippen molar-refractivity contribution in [2.24, 2.45) is 0 Å². The maximum atomic E-state index is 13.9. The standard InChI is InChI=1S/C18H14F2N2O2/c1-10-4-3-5-12-15(9-16(18(23)24-2)22-17(10)12)21-14-7-6-11(19)8-13(14)20/h3-9H,1-2H3,(H,21,22). The molecule has 24 heavy (non-hydrogen) atoms. The first kappa shape index (κ1) is 15.9. The molecule has 0 fully saturated rings. The van der Waals surface area contributed by atoms with Crippen molar-refractivity contribution in [3.63, 3.8) is 0 Å². The molecule has 0 radical (unpaired) electrons. The molecule has 0 aliphatic rings. The number of aromatic nitrogens is 1. The Hall–Kier alpha value is -3.02. The lowest BCUT2D eigenvalue weighted by Gasteiger charge is -2.13. The van der Waals surface area contributed by atoms with E-state index < -0.39 is 17.6 Å². The Morgan fingerprint density at radius 1 is 1.12 bits per heavy atom. The lowest BCUT2D eigenvalue weighted by molar-refractivity contribution is 0.0594. The van der Waals surface area contributed by atoms with Gasteiger partial charge in [0.1, 0.15) is 11.6 Å². The Morgan fingerprint density at radius 2 is 1.92 bits per heavy atom. The van der Waals surface area contributed by atoms with Crippen molar-refractivity contribution < 1.29 is 18.3 Å². The summed E-state index contributed by atoms with van der Waals surface area (Å²) in [7, 11) is 1.26. The smallest absolute Gasteiger partial charge is 0.356 e. The molecule has 0 aliphatic carbocycles. The van der Waals surface area contributed by atoms with Crippen LogP contribution < -0.4 is 5.32 Å². The van der Waals surface area contributed by atoms with Crippen LogP contribution >= 0.6 is 0 Å². The summed E-state index contributed by atoms with van der Waals surface area (Å²) in [6, 6.07) is 10.2. The zero-order chi connectivity index (χ0) is 17.3. The van der Waals surface area contributed by atoms with Gasteiger partial charge in [-0.15, -0.1) is 0 Å². The average molecular weight is 328 g/mol. The minimum atomic E-state index is -0.729. The van der Waals surface area contributed by atoms with Gasteiger partial charge in [0.2, 0.25) is 0 Å². The number of hydrogen-bond donors (Lipinski definition) is 1.